The van der Waals surface area contributed by atoms with Crippen molar-refractivity contribution in [3.05, 3.63) is 28.5 Å². The molecule has 0 saturated carbocycles. The number of nitrogens with zero attached hydrogens (tertiary/aromatic N) is 1. The van der Waals surface area contributed by atoms with Crippen molar-refractivity contribution < 1.29 is 14.0 Å². The van der Waals surface area contributed by atoms with Gasteiger partial charge in [-0.25, -0.2) is 4.39 Å². The maximum atomic E-state index is 14.1. The second-order valence-electron chi connectivity index (χ2n) is 5.27. The summed E-state index contributed by atoms with van der Waals surface area (Å²) in [6.07, 6.45) is 0.932. The van der Waals surface area contributed by atoms with Gasteiger partial charge in [-0.1, -0.05) is 36.2 Å². The zero-order chi connectivity index (χ0) is 15.6. The van der Waals surface area contributed by atoms with Gasteiger partial charge >= 0.3 is 0 Å². The lowest BCUT2D eigenvalue weighted by molar-refractivity contribution is -0.126. The number of carbonyl (C=O) groups excluding carboxylic acids is 2. The van der Waals surface area contributed by atoms with Gasteiger partial charge in [-0.05, 0) is 24.1 Å². The highest BCUT2D eigenvalue weighted by Crippen LogP contribution is 2.26. The first kappa shape index (κ1) is 15.9. The summed E-state index contributed by atoms with van der Waals surface area (Å²) in [4.78, 5) is 25.8. The molecular weight excluding hydrogens is 339 g/mol. The third-order valence-electron chi connectivity index (χ3n) is 3.82. The molecule has 2 unspecified atom stereocenters. The van der Waals surface area contributed by atoms with E-state index in [1.165, 1.54) is 11.0 Å². The molecule has 2 atom stereocenters. The first-order chi connectivity index (χ1) is 9.93. The normalized spacial score (nSPS) is 21.0. The van der Waals surface area contributed by atoms with Crippen LogP contribution in [0.2, 0.25) is 0 Å². The van der Waals surface area contributed by atoms with Gasteiger partial charge in [0.05, 0.1) is 5.69 Å². The van der Waals surface area contributed by atoms with Crippen molar-refractivity contribution in [3.8, 4) is 0 Å². The second-order valence-corrected chi connectivity index (χ2v) is 6.18. The molecule has 1 fully saturated rings. The lowest BCUT2D eigenvalue weighted by Crippen LogP contribution is -2.48. The summed E-state index contributed by atoms with van der Waals surface area (Å²) in [5.41, 5.74) is 0.216. The van der Waals surface area contributed by atoms with Crippen molar-refractivity contribution in [2.75, 3.05) is 11.4 Å². The Morgan fingerprint density at radius 1 is 1.48 bits per heavy atom. The van der Waals surface area contributed by atoms with Crippen molar-refractivity contribution in [1.29, 1.82) is 0 Å². The Bertz CT molecular complexity index is 565. The van der Waals surface area contributed by atoms with Crippen LogP contribution >= 0.6 is 15.9 Å². The van der Waals surface area contributed by atoms with Crippen LogP contribution in [-0.2, 0) is 9.59 Å². The summed E-state index contributed by atoms with van der Waals surface area (Å²) in [5.74, 6) is -0.902. The smallest absolute Gasteiger partial charge is 0.249 e. The molecule has 2 amide bonds. The largest absolute Gasteiger partial charge is 0.344 e. The molecule has 1 aliphatic heterocycles. The number of nitrogens with one attached hydrogen (secondary N) is 1. The third-order valence-corrected chi connectivity index (χ3v) is 4.32. The van der Waals surface area contributed by atoms with Crippen LogP contribution in [0.1, 0.15) is 26.7 Å². The average molecular weight is 357 g/mol. The predicted octanol–water partition coefficient (Wildman–Crippen LogP) is 2.86. The molecule has 1 aromatic rings. The van der Waals surface area contributed by atoms with E-state index in [4.69, 9.17) is 0 Å². The highest BCUT2D eigenvalue weighted by Gasteiger charge is 2.34. The maximum Gasteiger partial charge on any atom is 0.249 e. The number of benzene rings is 1. The Kier molecular flexibility index (Phi) is 4.98. The minimum Gasteiger partial charge on any atom is -0.344 e. The fourth-order valence-electron chi connectivity index (χ4n) is 2.36. The van der Waals surface area contributed by atoms with Crippen molar-refractivity contribution in [2.45, 2.75) is 32.7 Å². The number of hydrogen-bond donors (Lipinski definition) is 1. The van der Waals surface area contributed by atoms with Gasteiger partial charge in [0.15, 0.2) is 0 Å². The highest BCUT2D eigenvalue weighted by atomic mass is 79.9. The third kappa shape index (κ3) is 3.43. The number of carbonyl (C=O) groups is 2. The molecule has 4 nitrogen and oxygen atoms in total. The van der Waals surface area contributed by atoms with Crippen LogP contribution in [0.4, 0.5) is 10.1 Å². The Labute approximate surface area is 131 Å². The number of rotatable bonds is 3. The molecule has 1 aliphatic rings. The van der Waals surface area contributed by atoms with Gasteiger partial charge in [-0.15, -0.1) is 0 Å². The van der Waals surface area contributed by atoms with E-state index in [-0.39, 0.29) is 36.4 Å². The molecule has 0 bridgehead atoms. The van der Waals surface area contributed by atoms with Gasteiger partial charge in [-0.2, -0.15) is 0 Å². The molecule has 114 valence electrons. The zero-order valence-corrected chi connectivity index (χ0v) is 13.6. The number of hydrogen-bond acceptors (Lipinski definition) is 2. The van der Waals surface area contributed by atoms with E-state index in [9.17, 15) is 14.0 Å². The van der Waals surface area contributed by atoms with Crippen LogP contribution < -0.4 is 10.2 Å². The van der Waals surface area contributed by atoms with Gasteiger partial charge in [0.2, 0.25) is 11.8 Å². The Hall–Kier alpha value is -1.43. The van der Waals surface area contributed by atoms with E-state index in [0.717, 1.165) is 6.42 Å². The van der Waals surface area contributed by atoms with Gasteiger partial charge < -0.3 is 10.2 Å². The fraction of sp³-hybridized carbons (Fsp3) is 0.467. The molecule has 2 rings (SSSR count). The van der Waals surface area contributed by atoms with E-state index < -0.39 is 11.9 Å². The van der Waals surface area contributed by atoms with Crippen LogP contribution in [0, 0.1) is 11.7 Å². The van der Waals surface area contributed by atoms with Crippen LogP contribution in [0.5, 0.6) is 0 Å². The maximum absolute atomic E-state index is 14.1. The molecule has 0 spiro atoms. The Balaban J connectivity index is 2.37. The summed E-state index contributed by atoms with van der Waals surface area (Å²) in [6, 6.07) is 3.96. The molecule has 1 N–H and O–H groups in total. The lowest BCUT2D eigenvalue weighted by atomic mass is 9.98. The molecule has 1 saturated heterocycles. The monoisotopic (exact) mass is 356 g/mol. The van der Waals surface area contributed by atoms with Crippen molar-refractivity contribution in [3.63, 3.8) is 0 Å². The highest BCUT2D eigenvalue weighted by molar-refractivity contribution is 9.10. The average Bonchev–Trinajstić information content (AvgIpc) is 2.59. The molecule has 1 aromatic carbocycles. The SMILES string of the molecule is CCC(C)C1NC(=O)CCN(c2ccc(Br)cc2F)C1=O. The molecule has 6 heteroatoms. The first-order valence-corrected chi connectivity index (χ1v) is 7.79. The predicted molar refractivity (Wildman–Crippen MR) is 82.5 cm³/mol. The van der Waals surface area contributed by atoms with E-state index in [2.05, 4.69) is 21.2 Å². The topological polar surface area (TPSA) is 49.4 Å². The van der Waals surface area contributed by atoms with Crippen LogP contribution in [0.25, 0.3) is 0 Å². The molecule has 0 aromatic heterocycles. The Morgan fingerprint density at radius 3 is 2.81 bits per heavy atom. The van der Waals surface area contributed by atoms with Gasteiger partial charge in [-0.3, -0.25) is 9.59 Å². The molecule has 1 heterocycles. The van der Waals surface area contributed by atoms with Crippen LogP contribution in [0.3, 0.4) is 0 Å². The molecule has 0 radical (unpaired) electrons. The summed E-state index contributed by atoms with van der Waals surface area (Å²) in [5, 5.41) is 2.75. The number of amides is 2. The number of halogens is 2. The molecule has 21 heavy (non-hydrogen) atoms. The lowest BCUT2D eigenvalue weighted by Gasteiger charge is -2.27. The van der Waals surface area contributed by atoms with E-state index >= 15 is 0 Å². The van der Waals surface area contributed by atoms with Crippen LogP contribution in [-0.4, -0.2) is 24.4 Å². The van der Waals surface area contributed by atoms with E-state index in [1.807, 2.05) is 13.8 Å². The summed E-state index contributed by atoms with van der Waals surface area (Å²) in [6.45, 7) is 4.06. The standard InChI is InChI=1S/C15H18BrFN2O2/c1-3-9(2)14-15(21)19(7-6-13(20)18-14)12-5-4-10(16)8-11(12)17/h4-5,8-9,14H,3,6-7H2,1-2H3,(H,18,20). The van der Waals surface area contributed by atoms with E-state index in [1.54, 1.807) is 12.1 Å². The summed E-state index contributed by atoms with van der Waals surface area (Å²) >= 11 is 3.20. The quantitative estimate of drug-likeness (QED) is 0.905. The molecule has 0 aliphatic carbocycles. The van der Waals surface area contributed by atoms with E-state index in [0.29, 0.717) is 4.47 Å². The van der Waals surface area contributed by atoms with Crippen molar-refractivity contribution >= 4 is 33.4 Å². The van der Waals surface area contributed by atoms with Crippen LogP contribution in [0.15, 0.2) is 22.7 Å². The van der Waals surface area contributed by atoms with Crippen molar-refractivity contribution in [1.82, 2.24) is 5.32 Å². The minimum atomic E-state index is -0.604. The minimum absolute atomic E-state index is 0.000518. The second kappa shape index (κ2) is 6.56. The Morgan fingerprint density at radius 2 is 2.19 bits per heavy atom. The van der Waals surface area contributed by atoms with Crippen molar-refractivity contribution in [2.24, 2.45) is 5.92 Å². The molecular formula is C15H18BrFN2O2. The van der Waals surface area contributed by atoms with Gasteiger partial charge in [0.1, 0.15) is 11.9 Å². The fourth-order valence-corrected chi connectivity index (χ4v) is 2.69. The van der Waals surface area contributed by atoms with Gasteiger partial charge in [0.25, 0.3) is 0 Å². The number of anilines is 1. The summed E-state index contributed by atoms with van der Waals surface area (Å²) < 4.78 is 14.7. The zero-order valence-electron chi connectivity index (χ0n) is 12.0. The summed E-state index contributed by atoms with van der Waals surface area (Å²) in [7, 11) is 0. The van der Waals surface area contributed by atoms with Gasteiger partial charge in [0, 0.05) is 17.4 Å². The first-order valence-electron chi connectivity index (χ1n) is 6.99.